The van der Waals surface area contributed by atoms with Gasteiger partial charge in [0.2, 0.25) is 11.0 Å². The van der Waals surface area contributed by atoms with Crippen LogP contribution in [0.2, 0.25) is 0 Å². The second-order valence-corrected chi connectivity index (χ2v) is 7.49. The summed E-state index contributed by atoms with van der Waals surface area (Å²) in [6.45, 7) is 1.98. The highest BCUT2D eigenvalue weighted by atomic mass is 32.1. The molecule has 0 radical (unpaired) electrons. The number of hydrogen-bond donors (Lipinski definition) is 1. The molecule has 1 N–H and O–H groups in total. The van der Waals surface area contributed by atoms with Crippen molar-refractivity contribution in [1.29, 1.82) is 5.26 Å². The second-order valence-electron chi connectivity index (χ2n) is 6.66. The molecular weight excluding hydrogens is 344 g/mol. The number of hydrogen-bond acceptors (Lipinski definition) is 5. The molecule has 3 aromatic rings. The number of carbonyl (C=O) groups excluding carboxylic acids is 1. The first-order chi connectivity index (χ1) is 12.6. The van der Waals surface area contributed by atoms with Gasteiger partial charge in [-0.1, -0.05) is 47.7 Å². The molecule has 4 rings (SSSR count). The molecule has 1 heterocycles. The van der Waals surface area contributed by atoms with E-state index in [2.05, 4.69) is 21.6 Å². The van der Waals surface area contributed by atoms with Crippen LogP contribution in [0.3, 0.4) is 0 Å². The van der Waals surface area contributed by atoms with Crippen LogP contribution in [0.25, 0.3) is 0 Å². The maximum Gasteiger partial charge on any atom is 0.233 e. The van der Waals surface area contributed by atoms with Gasteiger partial charge in [-0.2, -0.15) is 5.26 Å². The molecule has 2 aromatic carbocycles. The lowest BCUT2D eigenvalue weighted by molar-refractivity contribution is -0.125. The zero-order chi connectivity index (χ0) is 18.1. The lowest BCUT2D eigenvalue weighted by Crippen LogP contribution is -2.37. The van der Waals surface area contributed by atoms with Crippen molar-refractivity contribution in [3.63, 3.8) is 0 Å². The van der Waals surface area contributed by atoms with Crippen LogP contribution < -0.4 is 5.32 Å². The number of nitrogens with zero attached hydrogens (tertiary/aromatic N) is 3. The van der Waals surface area contributed by atoms with Gasteiger partial charge in [0.05, 0.1) is 17.0 Å². The molecule has 0 saturated heterocycles. The van der Waals surface area contributed by atoms with Crippen molar-refractivity contribution in [1.82, 2.24) is 10.2 Å². The van der Waals surface area contributed by atoms with Gasteiger partial charge >= 0.3 is 0 Å². The molecule has 1 amide bonds. The minimum absolute atomic E-state index is 0.0854. The highest BCUT2D eigenvalue weighted by molar-refractivity contribution is 7.13. The van der Waals surface area contributed by atoms with E-state index >= 15 is 0 Å². The predicted molar refractivity (Wildman–Crippen MR) is 99.8 cm³/mol. The number of carbonyl (C=O) groups is 1. The molecule has 0 saturated carbocycles. The fourth-order valence-electron chi connectivity index (χ4n) is 3.81. The third kappa shape index (κ3) is 2.67. The van der Waals surface area contributed by atoms with Gasteiger partial charge in [0.25, 0.3) is 0 Å². The van der Waals surface area contributed by atoms with E-state index in [1.54, 1.807) is 5.51 Å². The molecule has 0 aliphatic heterocycles. The van der Waals surface area contributed by atoms with Crippen LogP contribution in [0.1, 0.15) is 35.1 Å². The molecular formula is C20H16N4OS. The van der Waals surface area contributed by atoms with Crippen LogP contribution in [-0.4, -0.2) is 16.1 Å². The van der Waals surface area contributed by atoms with E-state index in [1.165, 1.54) is 11.3 Å². The summed E-state index contributed by atoms with van der Waals surface area (Å²) in [6, 6.07) is 17.9. The Bertz CT molecular complexity index is 994. The zero-order valence-corrected chi connectivity index (χ0v) is 15.0. The van der Waals surface area contributed by atoms with E-state index in [0.29, 0.717) is 17.1 Å². The summed E-state index contributed by atoms with van der Waals surface area (Å²) in [5.41, 5.74) is 4.74. The molecule has 1 aromatic heterocycles. The van der Waals surface area contributed by atoms with Crippen molar-refractivity contribution in [3.05, 3.63) is 76.3 Å². The summed E-state index contributed by atoms with van der Waals surface area (Å²) in [5.74, 6) is -0.210. The number of anilines is 1. The lowest BCUT2D eigenvalue weighted by Gasteiger charge is -2.30. The van der Waals surface area contributed by atoms with Gasteiger partial charge in [-0.25, -0.2) is 0 Å². The van der Waals surface area contributed by atoms with Gasteiger partial charge in [-0.15, -0.1) is 10.2 Å². The molecule has 26 heavy (non-hydrogen) atoms. The number of amides is 1. The fraction of sp³-hybridized carbons (Fsp3) is 0.200. The highest BCUT2D eigenvalue weighted by Crippen LogP contribution is 2.51. The second kappa shape index (κ2) is 6.36. The topological polar surface area (TPSA) is 78.7 Å². The van der Waals surface area contributed by atoms with Crippen LogP contribution in [0.4, 0.5) is 5.13 Å². The average Bonchev–Trinajstić information content (AvgIpc) is 3.27. The third-order valence-corrected chi connectivity index (χ3v) is 5.62. The molecule has 0 spiro atoms. The van der Waals surface area contributed by atoms with Crippen LogP contribution in [0.15, 0.2) is 54.0 Å². The van der Waals surface area contributed by atoms with Gasteiger partial charge in [-0.05, 0) is 42.2 Å². The molecule has 128 valence electrons. The van der Waals surface area contributed by atoms with Crippen LogP contribution in [0, 0.1) is 16.7 Å². The Balaban J connectivity index is 1.81. The van der Waals surface area contributed by atoms with Crippen LogP contribution in [0.5, 0.6) is 0 Å². The van der Waals surface area contributed by atoms with E-state index in [0.717, 1.165) is 16.7 Å². The minimum atomic E-state index is -0.677. The predicted octanol–water partition coefficient (Wildman–Crippen LogP) is 3.74. The smallest absolute Gasteiger partial charge is 0.233 e. The number of nitrogens with one attached hydrogen (secondary N) is 1. The summed E-state index contributed by atoms with van der Waals surface area (Å²) in [4.78, 5) is 13.2. The van der Waals surface area contributed by atoms with Crippen molar-refractivity contribution in [3.8, 4) is 6.07 Å². The Hall–Kier alpha value is -3.04. The van der Waals surface area contributed by atoms with Crippen LogP contribution in [-0.2, 0) is 11.2 Å². The van der Waals surface area contributed by atoms with E-state index in [9.17, 15) is 10.1 Å². The van der Waals surface area contributed by atoms with Gasteiger partial charge in [0, 0.05) is 5.92 Å². The first-order valence-corrected chi connectivity index (χ1v) is 9.15. The molecule has 2 unspecified atom stereocenters. The highest BCUT2D eigenvalue weighted by Gasteiger charge is 2.49. The standard InChI is InChI=1S/C20H16N4OS/c1-20(18(25)23-19-24-22-12-26-19)10-15-8-7-13(11-21)9-16(15)17(20)14-5-3-2-4-6-14/h2-9,12,17H,10H2,1H3,(H,23,24,25). The summed E-state index contributed by atoms with van der Waals surface area (Å²) in [6.07, 6.45) is 0.609. The van der Waals surface area contributed by atoms with E-state index in [4.69, 9.17) is 0 Å². The average molecular weight is 360 g/mol. The normalized spacial score (nSPS) is 21.0. The van der Waals surface area contributed by atoms with Crippen molar-refractivity contribution in [2.24, 2.45) is 5.41 Å². The fourth-order valence-corrected chi connectivity index (χ4v) is 4.25. The van der Waals surface area contributed by atoms with E-state index < -0.39 is 5.41 Å². The van der Waals surface area contributed by atoms with Crippen molar-refractivity contribution >= 4 is 22.4 Å². The number of aromatic nitrogens is 2. The first kappa shape index (κ1) is 16.4. The lowest BCUT2D eigenvalue weighted by atomic mass is 9.73. The summed E-state index contributed by atoms with van der Waals surface area (Å²) < 4.78 is 0. The molecule has 1 aliphatic carbocycles. The number of fused-ring (bicyclic) bond motifs is 1. The third-order valence-electron chi connectivity index (χ3n) is 5.01. The first-order valence-electron chi connectivity index (χ1n) is 8.27. The SMILES string of the molecule is CC1(C(=O)Nc2nncs2)Cc2ccc(C#N)cc2C1c1ccccc1. The van der Waals surface area contributed by atoms with Crippen LogP contribution >= 0.6 is 11.3 Å². The molecule has 2 atom stereocenters. The van der Waals surface area contributed by atoms with Crippen molar-refractivity contribution in [2.75, 3.05) is 5.32 Å². The molecule has 0 bridgehead atoms. The Morgan fingerprint density at radius 1 is 1.31 bits per heavy atom. The van der Waals surface area contributed by atoms with Crippen molar-refractivity contribution in [2.45, 2.75) is 19.3 Å². The molecule has 5 nitrogen and oxygen atoms in total. The van der Waals surface area contributed by atoms with Gasteiger partial charge in [0.1, 0.15) is 5.51 Å². The number of nitriles is 1. The molecule has 0 fully saturated rings. The quantitative estimate of drug-likeness (QED) is 0.772. The Morgan fingerprint density at radius 2 is 2.12 bits per heavy atom. The monoisotopic (exact) mass is 360 g/mol. The van der Waals surface area contributed by atoms with E-state index in [1.807, 2.05) is 55.5 Å². The maximum atomic E-state index is 13.2. The largest absolute Gasteiger partial charge is 0.300 e. The maximum absolute atomic E-state index is 13.2. The number of benzene rings is 2. The number of rotatable bonds is 3. The van der Waals surface area contributed by atoms with Gasteiger partial charge in [-0.3, -0.25) is 4.79 Å². The summed E-state index contributed by atoms with van der Waals surface area (Å²) >= 11 is 1.30. The minimum Gasteiger partial charge on any atom is -0.300 e. The summed E-state index contributed by atoms with van der Waals surface area (Å²) in [7, 11) is 0. The molecule has 1 aliphatic rings. The zero-order valence-electron chi connectivity index (χ0n) is 14.1. The van der Waals surface area contributed by atoms with Crippen molar-refractivity contribution < 1.29 is 4.79 Å². The van der Waals surface area contributed by atoms with E-state index in [-0.39, 0.29) is 11.8 Å². The Kier molecular flexibility index (Phi) is 4.02. The van der Waals surface area contributed by atoms with Gasteiger partial charge in [0.15, 0.2) is 0 Å². The Labute approximate surface area is 155 Å². The Morgan fingerprint density at radius 3 is 2.81 bits per heavy atom. The summed E-state index contributed by atoms with van der Waals surface area (Å²) in [5, 5.41) is 20.4. The van der Waals surface area contributed by atoms with Gasteiger partial charge < -0.3 is 5.32 Å². The molecule has 6 heteroatoms.